The summed E-state index contributed by atoms with van der Waals surface area (Å²) >= 11 is 9.58. The molecule has 1 N–H and O–H groups in total. The summed E-state index contributed by atoms with van der Waals surface area (Å²) in [6.07, 6.45) is 3.41. The zero-order valence-corrected chi connectivity index (χ0v) is 16.3. The molecule has 1 aliphatic rings. The van der Waals surface area contributed by atoms with Gasteiger partial charge in [-0.1, -0.05) is 17.7 Å². The quantitative estimate of drug-likeness (QED) is 0.621. The maximum Gasteiger partial charge on any atom is 0.273 e. The first-order valence-electron chi connectivity index (χ1n) is 8.42. The van der Waals surface area contributed by atoms with Crippen molar-refractivity contribution in [1.29, 1.82) is 0 Å². The maximum atomic E-state index is 12.4. The fraction of sp³-hybridized carbons (Fsp3) is 0.353. The molecule has 1 aromatic carbocycles. The predicted molar refractivity (Wildman–Crippen MR) is 102 cm³/mol. The average molecular weight is 439 g/mol. The van der Waals surface area contributed by atoms with Crippen LogP contribution in [0.5, 0.6) is 5.88 Å². The van der Waals surface area contributed by atoms with Gasteiger partial charge in [-0.15, -0.1) is 0 Å². The van der Waals surface area contributed by atoms with Gasteiger partial charge >= 0.3 is 0 Å². The van der Waals surface area contributed by atoms with Crippen molar-refractivity contribution < 1.29 is 9.53 Å². The van der Waals surface area contributed by atoms with Gasteiger partial charge in [0.25, 0.3) is 5.91 Å². The van der Waals surface area contributed by atoms with Crippen LogP contribution in [0.15, 0.2) is 28.9 Å². The zero-order valence-electron chi connectivity index (χ0n) is 13.9. The Bertz CT molecular complexity index is 968. The Morgan fingerprint density at radius 2 is 2.31 bits per heavy atom. The van der Waals surface area contributed by atoms with E-state index < -0.39 is 0 Å². The number of hydrogen-bond donors (Lipinski definition) is 1. The predicted octanol–water partition coefficient (Wildman–Crippen LogP) is 3.25. The Balaban J connectivity index is 1.35. The number of amides is 1. The van der Waals surface area contributed by atoms with Gasteiger partial charge in [0.1, 0.15) is 4.47 Å². The molecule has 9 heteroatoms. The molecule has 0 atom stereocenters. The van der Waals surface area contributed by atoms with E-state index in [1.54, 1.807) is 10.9 Å². The molecular formula is C17H17BrClN5O2. The van der Waals surface area contributed by atoms with Crippen LogP contribution in [-0.4, -0.2) is 38.6 Å². The number of hydrogen-bond acceptors (Lipinski definition) is 4. The van der Waals surface area contributed by atoms with Gasteiger partial charge in [0.2, 0.25) is 5.88 Å². The van der Waals surface area contributed by atoms with Crippen molar-refractivity contribution in [2.24, 2.45) is 0 Å². The summed E-state index contributed by atoms with van der Waals surface area (Å²) in [6.45, 7) is 2.62. The number of fused-ring (bicyclic) bond motifs is 2. The van der Waals surface area contributed by atoms with Crippen LogP contribution in [0.3, 0.4) is 0 Å². The highest BCUT2D eigenvalue weighted by molar-refractivity contribution is 9.10. The number of aromatic nitrogens is 4. The van der Waals surface area contributed by atoms with Crippen molar-refractivity contribution >= 4 is 44.3 Å². The summed E-state index contributed by atoms with van der Waals surface area (Å²) in [5.74, 6) is 0.414. The highest BCUT2D eigenvalue weighted by Crippen LogP contribution is 2.31. The highest BCUT2D eigenvalue weighted by Gasteiger charge is 2.24. The maximum absolute atomic E-state index is 12.4. The number of benzene rings is 1. The van der Waals surface area contributed by atoms with Crippen LogP contribution in [-0.2, 0) is 13.1 Å². The topological polar surface area (TPSA) is 74.0 Å². The van der Waals surface area contributed by atoms with E-state index in [4.69, 9.17) is 16.3 Å². The third-order valence-electron chi connectivity index (χ3n) is 4.29. The number of carbonyl (C=O) groups excluding carboxylic acids is 1. The number of carbonyl (C=O) groups is 1. The summed E-state index contributed by atoms with van der Waals surface area (Å²) in [5.41, 5.74) is 1.35. The molecule has 26 heavy (non-hydrogen) atoms. The van der Waals surface area contributed by atoms with Crippen LogP contribution in [0.4, 0.5) is 0 Å². The van der Waals surface area contributed by atoms with Crippen molar-refractivity contribution in [3.05, 3.63) is 39.6 Å². The van der Waals surface area contributed by atoms with E-state index in [0.717, 1.165) is 30.3 Å². The van der Waals surface area contributed by atoms with Gasteiger partial charge in [-0.25, -0.2) is 4.68 Å². The van der Waals surface area contributed by atoms with E-state index >= 15 is 0 Å². The number of halogens is 2. The highest BCUT2D eigenvalue weighted by atomic mass is 79.9. The lowest BCUT2D eigenvalue weighted by Gasteiger charge is -2.14. The molecule has 1 aliphatic heterocycles. The largest absolute Gasteiger partial charge is 0.477 e. The minimum Gasteiger partial charge on any atom is -0.477 e. The first-order chi connectivity index (χ1) is 12.6. The number of ether oxygens (including phenoxy) is 1. The smallest absolute Gasteiger partial charge is 0.273 e. The zero-order chi connectivity index (χ0) is 18.1. The van der Waals surface area contributed by atoms with Crippen LogP contribution < -0.4 is 10.1 Å². The van der Waals surface area contributed by atoms with Crippen LogP contribution in [0.25, 0.3) is 10.9 Å². The van der Waals surface area contributed by atoms with E-state index in [2.05, 4.69) is 31.4 Å². The van der Waals surface area contributed by atoms with E-state index in [-0.39, 0.29) is 5.91 Å². The lowest BCUT2D eigenvalue weighted by Crippen LogP contribution is -2.26. The normalized spacial score (nSPS) is 13.5. The molecule has 0 saturated carbocycles. The van der Waals surface area contributed by atoms with Crippen LogP contribution in [0, 0.1) is 0 Å². The monoisotopic (exact) mass is 437 g/mol. The van der Waals surface area contributed by atoms with Crippen LogP contribution in [0.1, 0.15) is 23.3 Å². The Morgan fingerprint density at radius 3 is 3.15 bits per heavy atom. The summed E-state index contributed by atoms with van der Waals surface area (Å²) in [7, 11) is 0. The Labute approximate surface area is 163 Å². The molecule has 2 aromatic heterocycles. The van der Waals surface area contributed by atoms with Gasteiger partial charge in [0, 0.05) is 31.4 Å². The Morgan fingerprint density at radius 1 is 1.42 bits per heavy atom. The number of nitrogens with zero attached hydrogens (tertiary/aromatic N) is 4. The number of rotatable bonds is 5. The molecule has 7 nitrogen and oxygen atoms in total. The molecule has 4 rings (SSSR count). The molecule has 3 aromatic rings. The van der Waals surface area contributed by atoms with Gasteiger partial charge in [0.05, 0.1) is 23.3 Å². The summed E-state index contributed by atoms with van der Waals surface area (Å²) in [6, 6.07) is 5.74. The van der Waals surface area contributed by atoms with E-state index in [0.29, 0.717) is 40.8 Å². The lowest BCUT2D eigenvalue weighted by molar-refractivity contribution is 0.0946. The molecule has 0 aliphatic carbocycles. The average Bonchev–Trinajstić information content (AvgIpc) is 3.21. The molecule has 0 saturated heterocycles. The fourth-order valence-electron chi connectivity index (χ4n) is 3.00. The van der Waals surface area contributed by atoms with Gasteiger partial charge in [0.15, 0.2) is 5.69 Å². The molecule has 136 valence electrons. The van der Waals surface area contributed by atoms with Crippen molar-refractivity contribution in [3.8, 4) is 5.88 Å². The van der Waals surface area contributed by atoms with E-state index in [1.165, 1.54) is 0 Å². The Hall–Kier alpha value is -2.06. The van der Waals surface area contributed by atoms with E-state index in [9.17, 15) is 4.79 Å². The van der Waals surface area contributed by atoms with Crippen molar-refractivity contribution in [2.45, 2.75) is 25.9 Å². The molecule has 3 heterocycles. The fourth-order valence-corrected chi connectivity index (χ4v) is 3.80. The first-order valence-corrected chi connectivity index (χ1v) is 9.59. The van der Waals surface area contributed by atoms with Crippen molar-refractivity contribution in [1.82, 2.24) is 24.9 Å². The third kappa shape index (κ3) is 3.19. The van der Waals surface area contributed by atoms with E-state index in [1.807, 2.05) is 22.9 Å². The summed E-state index contributed by atoms with van der Waals surface area (Å²) in [5, 5.41) is 13.2. The molecule has 0 fully saturated rings. The third-order valence-corrected chi connectivity index (χ3v) is 5.33. The molecule has 1 amide bonds. The molecule has 0 spiro atoms. The SMILES string of the molecule is O=C(NCCCn1ncc2c(Cl)cccc21)c1nn2c(c1Br)OCCC2. The Kier molecular flexibility index (Phi) is 4.86. The molecule has 0 unspecified atom stereocenters. The minimum atomic E-state index is -0.212. The van der Waals surface area contributed by atoms with Crippen molar-refractivity contribution in [2.75, 3.05) is 13.2 Å². The van der Waals surface area contributed by atoms with Crippen LogP contribution >= 0.6 is 27.5 Å². The van der Waals surface area contributed by atoms with Gasteiger partial charge in [-0.3, -0.25) is 9.48 Å². The van der Waals surface area contributed by atoms with Crippen molar-refractivity contribution in [3.63, 3.8) is 0 Å². The standard InChI is InChI=1S/C17H17BrClN5O2/c18-14-15(22-24-8-3-9-26-17(14)24)16(25)20-6-2-7-23-13-5-1-4-12(19)11(13)10-21-23/h1,4-5,10H,2-3,6-9H2,(H,20,25). The first kappa shape index (κ1) is 17.4. The molecule has 0 bridgehead atoms. The summed E-state index contributed by atoms with van der Waals surface area (Å²) in [4.78, 5) is 12.4. The van der Waals surface area contributed by atoms with Gasteiger partial charge in [-0.05, 0) is 34.5 Å². The molecule has 0 radical (unpaired) electrons. The summed E-state index contributed by atoms with van der Waals surface area (Å²) < 4.78 is 9.79. The van der Waals surface area contributed by atoms with Gasteiger partial charge in [-0.2, -0.15) is 10.2 Å². The van der Waals surface area contributed by atoms with Crippen LogP contribution in [0.2, 0.25) is 5.02 Å². The molecular weight excluding hydrogens is 422 g/mol. The number of aryl methyl sites for hydroxylation is 2. The minimum absolute atomic E-state index is 0.212. The lowest BCUT2D eigenvalue weighted by atomic mass is 10.2. The second-order valence-electron chi connectivity index (χ2n) is 6.04. The second-order valence-corrected chi connectivity index (χ2v) is 7.24. The number of nitrogens with one attached hydrogen (secondary N) is 1. The second kappa shape index (κ2) is 7.28. The van der Waals surface area contributed by atoms with Gasteiger partial charge < -0.3 is 10.1 Å².